The quantitative estimate of drug-likeness (QED) is 0.670. The first kappa shape index (κ1) is 23.0. The summed E-state index contributed by atoms with van der Waals surface area (Å²) in [5.41, 5.74) is 0.817. The molecule has 0 unspecified atom stereocenters. The molecular weight excluding hydrogens is 398 g/mol. The van der Waals surface area contributed by atoms with Crippen LogP contribution in [-0.4, -0.2) is 62.3 Å². The molecular formula is C23H35N3O3S. The number of carbonyl (C=O) groups is 1. The van der Waals surface area contributed by atoms with E-state index in [0.29, 0.717) is 18.0 Å². The summed E-state index contributed by atoms with van der Waals surface area (Å²) in [4.78, 5) is 15.0. The minimum atomic E-state index is -3.44. The molecule has 3 rings (SSSR count). The van der Waals surface area contributed by atoms with Gasteiger partial charge >= 0.3 is 0 Å². The van der Waals surface area contributed by atoms with E-state index >= 15 is 0 Å². The van der Waals surface area contributed by atoms with E-state index in [1.54, 1.807) is 34.6 Å². The summed E-state index contributed by atoms with van der Waals surface area (Å²) in [6, 6.07) is 7.04. The van der Waals surface area contributed by atoms with Crippen LogP contribution in [-0.2, 0) is 14.8 Å². The molecule has 166 valence electrons. The summed E-state index contributed by atoms with van der Waals surface area (Å²) in [6.07, 6.45) is 10.5. The molecule has 30 heavy (non-hydrogen) atoms. The predicted octanol–water partition coefficient (Wildman–Crippen LogP) is 3.26. The molecule has 0 aromatic heterocycles. The molecule has 7 heteroatoms. The van der Waals surface area contributed by atoms with Crippen molar-refractivity contribution in [3.8, 4) is 0 Å². The Balaban J connectivity index is 1.52. The molecule has 1 aromatic rings. The van der Waals surface area contributed by atoms with Crippen molar-refractivity contribution in [1.82, 2.24) is 14.5 Å². The standard InChI is InChI=1S/C23H35N3O3S/c1-2-15-25-18-13-21(14-19-25)24-23(27)12-9-20-7-10-22(11-8-20)30(28,29)26-16-5-3-4-6-17-26/h7-12,21H,2-6,13-19H2,1H3,(H,24,27)/b12-9+. The van der Waals surface area contributed by atoms with Crippen molar-refractivity contribution in [2.75, 3.05) is 32.7 Å². The Morgan fingerprint density at radius 2 is 1.67 bits per heavy atom. The van der Waals surface area contributed by atoms with Crippen LogP contribution in [0.1, 0.15) is 57.4 Å². The highest BCUT2D eigenvalue weighted by Crippen LogP contribution is 2.21. The van der Waals surface area contributed by atoms with Gasteiger partial charge in [0.05, 0.1) is 4.90 Å². The van der Waals surface area contributed by atoms with E-state index in [0.717, 1.165) is 70.1 Å². The molecule has 0 saturated carbocycles. The van der Waals surface area contributed by atoms with Gasteiger partial charge in [-0.3, -0.25) is 4.79 Å². The number of hydrogen-bond acceptors (Lipinski definition) is 4. The fourth-order valence-corrected chi connectivity index (χ4v) is 5.74. The molecule has 0 atom stereocenters. The van der Waals surface area contributed by atoms with Gasteiger partial charge in [-0.1, -0.05) is 31.9 Å². The van der Waals surface area contributed by atoms with E-state index in [-0.39, 0.29) is 11.9 Å². The van der Waals surface area contributed by atoms with Gasteiger partial charge in [0.2, 0.25) is 15.9 Å². The Kier molecular flexibility index (Phi) is 8.48. The third-order valence-electron chi connectivity index (χ3n) is 5.98. The van der Waals surface area contributed by atoms with Gasteiger partial charge in [-0.15, -0.1) is 0 Å². The highest BCUT2D eigenvalue weighted by molar-refractivity contribution is 7.89. The van der Waals surface area contributed by atoms with Crippen molar-refractivity contribution in [3.63, 3.8) is 0 Å². The second kappa shape index (κ2) is 11.1. The Labute approximate surface area is 181 Å². The second-order valence-corrected chi connectivity index (χ2v) is 10.3. The number of rotatable bonds is 7. The average Bonchev–Trinajstić information content (AvgIpc) is 3.04. The maximum atomic E-state index is 12.8. The van der Waals surface area contributed by atoms with E-state index in [1.807, 2.05) is 0 Å². The number of nitrogens with zero attached hydrogens (tertiary/aromatic N) is 2. The van der Waals surface area contributed by atoms with E-state index in [2.05, 4.69) is 17.1 Å². The van der Waals surface area contributed by atoms with Gasteiger partial charge in [0.15, 0.2) is 0 Å². The monoisotopic (exact) mass is 433 g/mol. The lowest BCUT2D eigenvalue weighted by Crippen LogP contribution is -2.44. The fraction of sp³-hybridized carbons (Fsp3) is 0.609. The largest absolute Gasteiger partial charge is 0.350 e. The van der Waals surface area contributed by atoms with Crippen LogP contribution in [0.15, 0.2) is 35.2 Å². The Bertz CT molecular complexity index is 805. The van der Waals surface area contributed by atoms with Crippen molar-refractivity contribution >= 4 is 22.0 Å². The number of hydrogen-bond donors (Lipinski definition) is 1. The smallest absolute Gasteiger partial charge is 0.244 e. The van der Waals surface area contributed by atoms with Crippen molar-refractivity contribution < 1.29 is 13.2 Å². The number of piperidine rings is 1. The summed E-state index contributed by atoms with van der Waals surface area (Å²) < 4.78 is 27.3. The van der Waals surface area contributed by atoms with Gasteiger partial charge < -0.3 is 10.2 Å². The number of carbonyl (C=O) groups excluding carboxylic acids is 1. The zero-order valence-corrected chi connectivity index (χ0v) is 18.9. The zero-order valence-electron chi connectivity index (χ0n) is 18.1. The second-order valence-electron chi connectivity index (χ2n) is 8.35. The molecule has 2 heterocycles. The Morgan fingerprint density at radius 1 is 1.03 bits per heavy atom. The number of likely N-dealkylation sites (tertiary alicyclic amines) is 1. The third-order valence-corrected chi connectivity index (χ3v) is 7.90. The van der Waals surface area contributed by atoms with E-state index in [4.69, 9.17) is 0 Å². The lowest BCUT2D eigenvalue weighted by molar-refractivity contribution is -0.117. The Hall–Kier alpha value is -1.70. The van der Waals surface area contributed by atoms with Crippen LogP contribution in [0.4, 0.5) is 0 Å². The molecule has 0 aliphatic carbocycles. The molecule has 6 nitrogen and oxygen atoms in total. The first-order valence-corrected chi connectivity index (χ1v) is 12.7. The fourth-order valence-electron chi connectivity index (χ4n) is 4.22. The summed E-state index contributed by atoms with van der Waals surface area (Å²) in [6.45, 7) is 6.59. The number of amides is 1. The van der Waals surface area contributed by atoms with Crippen LogP contribution < -0.4 is 5.32 Å². The molecule has 1 N–H and O–H groups in total. The van der Waals surface area contributed by atoms with Gasteiger partial charge in [-0.25, -0.2) is 8.42 Å². The van der Waals surface area contributed by atoms with E-state index in [1.165, 1.54) is 6.08 Å². The summed E-state index contributed by atoms with van der Waals surface area (Å²) in [7, 11) is -3.44. The zero-order chi connectivity index (χ0) is 21.4. The van der Waals surface area contributed by atoms with Gasteiger partial charge in [0, 0.05) is 38.3 Å². The lowest BCUT2D eigenvalue weighted by Gasteiger charge is -2.31. The van der Waals surface area contributed by atoms with Crippen molar-refractivity contribution in [2.45, 2.75) is 62.8 Å². The predicted molar refractivity (Wildman–Crippen MR) is 121 cm³/mol. The van der Waals surface area contributed by atoms with Gasteiger partial charge in [-0.05, 0) is 62.4 Å². The molecule has 0 radical (unpaired) electrons. The number of benzene rings is 1. The first-order chi connectivity index (χ1) is 14.5. The van der Waals surface area contributed by atoms with Crippen LogP contribution in [0.2, 0.25) is 0 Å². The van der Waals surface area contributed by atoms with Crippen molar-refractivity contribution in [3.05, 3.63) is 35.9 Å². The van der Waals surface area contributed by atoms with Gasteiger partial charge in [-0.2, -0.15) is 4.31 Å². The van der Waals surface area contributed by atoms with Crippen LogP contribution in [0, 0.1) is 0 Å². The lowest BCUT2D eigenvalue weighted by atomic mass is 10.0. The molecule has 2 fully saturated rings. The van der Waals surface area contributed by atoms with Crippen LogP contribution in [0.25, 0.3) is 6.08 Å². The highest BCUT2D eigenvalue weighted by atomic mass is 32.2. The van der Waals surface area contributed by atoms with E-state index < -0.39 is 10.0 Å². The summed E-state index contributed by atoms with van der Waals surface area (Å²) in [5.74, 6) is -0.0924. The normalized spacial score (nSPS) is 20.3. The summed E-state index contributed by atoms with van der Waals surface area (Å²) >= 11 is 0. The maximum absolute atomic E-state index is 12.8. The molecule has 2 aliphatic rings. The molecule has 0 spiro atoms. The van der Waals surface area contributed by atoms with Crippen molar-refractivity contribution in [2.24, 2.45) is 0 Å². The highest BCUT2D eigenvalue weighted by Gasteiger charge is 2.25. The van der Waals surface area contributed by atoms with Gasteiger partial charge in [0.25, 0.3) is 0 Å². The molecule has 1 amide bonds. The minimum absolute atomic E-state index is 0.0924. The first-order valence-electron chi connectivity index (χ1n) is 11.3. The SMILES string of the molecule is CCCN1CCC(NC(=O)/C=C/c2ccc(S(=O)(=O)N3CCCCCC3)cc2)CC1. The van der Waals surface area contributed by atoms with Crippen LogP contribution >= 0.6 is 0 Å². The van der Waals surface area contributed by atoms with Crippen molar-refractivity contribution in [1.29, 1.82) is 0 Å². The Morgan fingerprint density at radius 3 is 2.27 bits per heavy atom. The van der Waals surface area contributed by atoms with Gasteiger partial charge in [0.1, 0.15) is 0 Å². The topological polar surface area (TPSA) is 69.7 Å². The van der Waals surface area contributed by atoms with Crippen LogP contribution in [0.5, 0.6) is 0 Å². The average molecular weight is 434 g/mol. The van der Waals surface area contributed by atoms with Crippen LogP contribution in [0.3, 0.4) is 0 Å². The molecule has 2 saturated heterocycles. The molecule has 1 aromatic carbocycles. The molecule has 0 bridgehead atoms. The van der Waals surface area contributed by atoms with E-state index in [9.17, 15) is 13.2 Å². The molecule has 2 aliphatic heterocycles. The third kappa shape index (κ3) is 6.40. The summed E-state index contributed by atoms with van der Waals surface area (Å²) in [5, 5.41) is 3.08. The maximum Gasteiger partial charge on any atom is 0.244 e. The minimum Gasteiger partial charge on any atom is -0.350 e. The number of nitrogens with one attached hydrogen (secondary N) is 1. The number of sulfonamides is 1.